The molecule has 22 heavy (non-hydrogen) atoms. The fourth-order valence-electron chi connectivity index (χ4n) is 3.84. The lowest BCUT2D eigenvalue weighted by Crippen LogP contribution is -2.35. The van der Waals surface area contributed by atoms with Gasteiger partial charge in [0.15, 0.2) is 0 Å². The molecule has 2 rings (SSSR count). The van der Waals surface area contributed by atoms with Gasteiger partial charge in [-0.25, -0.2) is 0 Å². The van der Waals surface area contributed by atoms with E-state index in [0.29, 0.717) is 25.4 Å². The van der Waals surface area contributed by atoms with Gasteiger partial charge in [-0.05, 0) is 53.9 Å². The molecule has 1 aliphatic carbocycles. The van der Waals surface area contributed by atoms with Crippen molar-refractivity contribution in [3.8, 4) is 5.75 Å². The molecule has 1 aliphatic rings. The predicted octanol–water partition coefficient (Wildman–Crippen LogP) is 4.16. The van der Waals surface area contributed by atoms with Gasteiger partial charge in [-0.15, -0.1) is 0 Å². The molecular formula is C19H28O3. The van der Waals surface area contributed by atoms with Crippen LogP contribution in [0.2, 0.25) is 0 Å². The Balaban J connectivity index is 2.39. The first kappa shape index (κ1) is 17.0. The molecule has 1 aromatic carbocycles. The lowest BCUT2D eigenvalue weighted by Gasteiger charge is -2.43. The van der Waals surface area contributed by atoms with Gasteiger partial charge < -0.3 is 9.47 Å². The molecule has 0 amide bonds. The molecular weight excluding hydrogens is 276 g/mol. The molecule has 0 aliphatic heterocycles. The first-order valence-corrected chi connectivity index (χ1v) is 8.12. The third-order valence-electron chi connectivity index (χ3n) is 4.36. The normalized spacial score (nSPS) is 18.6. The summed E-state index contributed by atoms with van der Waals surface area (Å²) in [6.07, 6.45) is 2.99. The minimum Gasteiger partial charge on any atom is -0.491 e. The molecule has 0 spiro atoms. The molecule has 3 heteroatoms. The van der Waals surface area contributed by atoms with Crippen molar-refractivity contribution in [2.75, 3.05) is 19.8 Å². The topological polar surface area (TPSA) is 35.5 Å². The van der Waals surface area contributed by atoms with E-state index in [2.05, 4.69) is 27.7 Å². The van der Waals surface area contributed by atoms with Gasteiger partial charge in [0.2, 0.25) is 0 Å². The number of carbonyl (C=O) groups excluding carboxylic acids is 1. The maximum absolute atomic E-state index is 11.3. The fraction of sp³-hybridized carbons (Fsp3) is 0.632. The minimum absolute atomic E-state index is 0.0497. The number of benzene rings is 1. The number of rotatable bonds is 6. The third kappa shape index (κ3) is 3.70. The van der Waals surface area contributed by atoms with Crippen molar-refractivity contribution in [3.05, 3.63) is 28.8 Å². The van der Waals surface area contributed by atoms with Crippen molar-refractivity contribution in [2.45, 2.75) is 52.9 Å². The Morgan fingerprint density at radius 1 is 1.18 bits per heavy atom. The third-order valence-corrected chi connectivity index (χ3v) is 4.36. The Kier molecular flexibility index (Phi) is 4.96. The molecule has 0 bridgehead atoms. The molecule has 3 nitrogen and oxygen atoms in total. The Bertz CT molecular complexity index is 544. The molecule has 122 valence electrons. The summed E-state index contributed by atoms with van der Waals surface area (Å²) in [6, 6.07) is 3.90. The zero-order chi connectivity index (χ0) is 16.4. The number of ether oxygens (including phenoxy) is 2. The van der Waals surface area contributed by atoms with Crippen molar-refractivity contribution in [1.82, 2.24) is 0 Å². The zero-order valence-electron chi connectivity index (χ0n) is 14.5. The molecule has 0 aromatic heterocycles. The van der Waals surface area contributed by atoms with Crippen LogP contribution in [0.5, 0.6) is 5.75 Å². The van der Waals surface area contributed by atoms with Crippen LogP contribution in [0.15, 0.2) is 12.1 Å². The summed E-state index contributed by atoms with van der Waals surface area (Å²) in [6.45, 7) is 12.9. The Labute approximate surface area is 134 Å². The predicted molar refractivity (Wildman–Crippen MR) is 88.9 cm³/mol. The summed E-state index contributed by atoms with van der Waals surface area (Å²) in [5, 5.41) is 0. The van der Waals surface area contributed by atoms with E-state index in [1.165, 1.54) is 11.1 Å². The Morgan fingerprint density at radius 3 is 2.55 bits per heavy atom. The van der Waals surface area contributed by atoms with Gasteiger partial charge in [0.25, 0.3) is 0 Å². The zero-order valence-corrected chi connectivity index (χ0v) is 14.5. The number of hydrogen-bond donors (Lipinski definition) is 0. The van der Waals surface area contributed by atoms with Crippen molar-refractivity contribution in [3.63, 3.8) is 0 Å². The monoisotopic (exact) mass is 304 g/mol. The quantitative estimate of drug-likeness (QED) is 0.584. The van der Waals surface area contributed by atoms with Gasteiger partial charge in [0.1, 0.15) is 18.6 Å². The molecule has 0 radical (unpaired) electrons. The van der Waals surface area contributed by atoms with Crippen LogP contribution in [-0.4, -0.2) is 26.1 Å². The number of aldehydes is 1. The first-order chi connectivity index (χ1) is 10.3. The average molecular weight is 304 g/mol. The van der Waals surface area contributed by atoms with Crippen molar-refractivity contribution >= 4 is 6.29 Å². The Morgan fingerprint density at radius 2 is 1.91 bits per heavy atom. The van der Waals surface area contributed by atoms with Gasteiger partial charge in [-0.2, -0.15) is 0 Å². The highest BCUT2D eigenvalue weighted by Gasteiger charge is 2.39. The molecule has 0 fully saturated rings. The van der Waals surface area contributed by atoms with E-state index in [-0.39, 0.29) is 10.8 Å². The molecule has 1 aromatic rings. The highest BCUT2D eigenvalue weighted by molar-refractivity contribution is 5.77. The second-order valence-electron chi connectivity index (χ2n) is 7.61. The molecule has 0 heterocycles. The number of carbonyl (C=O) groups is 1. The summed E-state index contributed by atoms with van der Waals surface area (Å²) in [4.78, 5) is 11.3. The van der Waals surface area contributed by atoms with Crippen molar-refractivity contribution in [2.24, 2.45) is 5.41 Å². The van der Waals surface area contributed by atoms with E-state index in [0.717, 1.165) is 24.9 Å². The van der Waals surface area contributed by atoms with Crippen molar-refractivity contribution < 1.29 is 14.3 Å². The van der Waals surface area contributed by atoms with Gasteiger partial charge in [-0.1, -0.05) is 27.7 Å². The molecule has 0 saturated carbocycles. The van der Waals surface area contributed by atoms with Crippen LogP contribution in [0.1, 0.15) is 62.5 Å². The number of fused-ring (bicyclic) bond motifs is 1. The highest BCUT2D eigenvalue weighted by atomic mass is 16.5. The van der Waals surface area contributed by atoms with E-state index in [1.807, 2.05) is 19.1 Å². The maximum Gasteiger partial charge on any atom is 0.150 e. The van der Waals surface area contributed by atoms with Crippen LogP contribution in [0.4, 0.5) is 0 Å². The van der Waals surface area contributed by atoms with Crippen LogP contribution in [0, 0.1) is 5.41 Å². The minimum atomic E-state index is 0.0497. The van der Waals surface area contributed by atoms with Crippen molar-refractivity contribution in [1.29, 1.82) is 0 Å². The standard InChI is InChI=1S/C19H28O3/c1-6-21-7-8-22-17-10-14(12-20)9-16-15(17)11-18(2,3)13-19(16,4)5/h9-10,12H,6-8,11,13H2,1-5H3. The lowest BCUT2D eigenvalue weighted by atomic mass is 9.62. The largest absolute Gasteiger partial charge is 0.491 e. The van der Waals surface area contributed by atoms with Gasteiger partial charge in [0, 0.05) is 12.2 Å². The van der Waals surface area contributed by atoms with E-state index < -0.39 is 0 Å². The second-order valence-corrected chi connectivity index (χ2v) is 7.61. The SMILES string of the molecule is CCOCCOc1cc(C=O)cc2c1CC(C)(C)CC2(C)C. The average Bonchev–Trinajstić information content (AvgIpc) is 2.42. The van der Waals surface area contributed by atoms with E-state index in [9.17, 15) is 4.79 Å². The second kappa shape index (κ2) is 6.41. The lowest BCUT2D eigenvalue weighted by molar-refractivity contribution is 0.108. The highest BCUT2D eigenvalue weighted by Crippen LogP contribution is 2.48. The smallest absolute Gasteiger partial charge is 0.150 e. The van der Waals surface area contributed by atoms with Gasteiger partial charge in [-0.3, -0.25) is 4.79 Å². The first-order valence-electron chi connectivity index (χ1n) is 8.12. The molecule has 0 N–H and O–H groups in total. The summed E-state index contributed by atoms with van der Waals surface area (Å²) in [7, 11) is 0. The summed E-state index contributed by atoms with van der Waals surface area (Å²) in [5.41, 5.74) is 3.48. The molecule has 0 atom stereocenters. The molecule has 0 saturated heterocycles. The fourth-order valence-corrected chi connectivity index (χ4v) is 3.84. The summed E-state index contributed by atoms with van der Waals surface area (Å²) >= 11 is 0. The van der Waals surface area contributed by atoms with E-state index in [1.54, 1.807) is 0 Å². The summed E-state index contributed by atoms with van der Waals surface area (Å²) in [5.74, 6) is 0.847. The van der Waals surface area contributed by atoms with Crippen LogP contribution < -0.4 is 4.74 Å². The maximum atomic E-state index is 11.3. The number of hydrogen-bond acceptors (Lipinski definition) is 3. The molecule has 0 unspecified atom stereocenters. The van der Waals surface area contributed by atoms with E-state index in [4.69, 9.17) is 9.47 Å². The van der Waals surface area contributed by atoms with Gasteiger partial charge >= 0.3 is 0 Å². The van der Waals surface area contributed by atoms with Crippen LogP contribution in [-0.2, 0) is 16.6 Å². The van der Waals surface area contributed by atoms with Crippen LogP contribution in [0.25, 0.3) is 0 Å². The van der Waals surface area contributed by atoms with Crippen LogP contribution in [0.3, 0.4) is 0 Å². The van der Waals surface area contributed by atoms with Crippen LogP contribution >= 0.6 is 0 Å². The Hall–Kier alpha value is -1.35. The van der Waals surface area contributed by atoms with E-state index >= 15 is 0 Å². The summed E-state index contributed by atoms with van der Waals surface area (Å²) < 4.78 is 11.3. The van der Waals surface area contributed by atoms with Gasteiger partial charge in [0.05, 0.1) is 6.61 Å².